The van der Waals surface area contributed by atoms with Crippen LogP contribution in [0.1, 0.15) is 39.3 Å². The van der Waals surface area contributed by atoms with Gasteiger partial charge in [0.1, 0.15) is 30.4 Å². The second-order valence-corrected chi connectivity index (χ2v) is 8.98. The fourth-order valence-electron chi connectivity index (χ4n) is 3.95. The predicted molar refractivity (Wildman–Crippen MR) is 139 cm³/mol. The van der Waals surface area contributed by atoms with Crippen molar-refractivity contribution >= 4 is 33.0 Å². The van der Waals surface area contributed by atoms with Crippen LogP contribution in [0, 0.1) is 6.92 Å². The molecule has 0 unspecified atom stereocenters. The first-order valence-corrected chi connectivity index (χ1v) is 12.3. The van der Waals surface area contributed by atoms with Crippen LogP contribution >= 0.6 is 11.3 Å². The van der Waals surface area contributed by atoms with Crippen molar-refractivity contribution in [2.75, 3.05) is 27.5 Å². The van der Waals surface area contributed by atoms with Crippen LogP contribution in [0.5, 0.6) is 17.2 Å². The van der Waals surface area contributed by atoms with Crippen LogP contribution < -0.4 is 14.2 Å². The third-order valence-electron chi connectivity index (χ3n) is 5.82. The minimum atomic E-state index is -0.630. The van der Waals surface area contributed by atoms with Crippen molar-refractivity contribution in [3.8, 4) is 28.5 Å². The number of hydrogen-bond acceptors (Lipinski definition) is 7. The Labute approximate surface area is 212 Å². The smallest absolute Gasteiger partial charge is 0.181 e. The lowest BCUT2D eigenvalue weighted by Crippen LogP contribution is -2.08. The molecule has 36 heavy (non-hydrogen) atoms. The van der Waals surface area contributed by atoms with Gasteiger partial charge >= 0.3 is 0 Å². The Balaban J connectivity index is 1.52. The quantitative estimate of drug-likeness (QED) is 0.216. The monoisotopic (exact) mass is 507 g/mol. The summed E-state index contributed by atoms with van der Waals surface area (Å²) in [5, 5.41) is 3.08. The molecule has 0 saturated heterocycles. The third-order valence-corrected chi connectivity index (χ3v) is 6.95. The molecule has 2 aromatic carbocycles. The van der Waals surface area contributed by atoms with Gasteiger partial charge in [0.05, 0.1) is 14.2 Å². The zero-order valence-electron chi connectivity index (χ0n) is 20.3. The molecule has 0 amide bonds. The van der Waals surface area contributed by atoms with Crippen molar-refractivity contribution in [2.45, 2.75) is 19.8 Å². The van der Waals surface area contributed by atoms with Gasteiger partial charge in [-0.3, -0.25) is 9.59 Å². The Kier molecular flexibility index (Phi) is 7.95. The van der Waals surface area contributed by atoms with E-state index in [9.17, 15) is 14.0 Å². The highest BCUT2D eigenvalue weighted by Gasteiger charge is 2.19. The molecular formula is C28H26FNO5S. The zero-order chi connectivity index (χ0) is 25.7. The van der Waals surface area contributed by atoms with Gasteiger partial charge in [0, 0.05) is 39.4 Å². The number of nitrogens with zero attached hydrogens (tertiary/aromatic N) is 1. The molecule has 4 rings (SSSR count). The van der Waals surface area contributed by atoms with E-state index in [2.05, 4.69) is 18.0 Å². The molecule has 4 aromatic rings. The molecule has 8 heteroatoms. The van der Waals surface area contributed by atoms with E-state index in [1.54, 1.807) is 42.7 Å². The molecular weight excluding hydrogens is 481 g/mol. The van der Waals surface area contributed by atoms with E-state index in [0.717, 1.165) is 15.6 Å². The number of benzene rings is 2. The maximum atomic E-state index is 13.0. The Morgan fingerprint density at radius 1 is 0.944 bits per heavy atom. The molecule has 186 valence electrons. The van der Waals surface area contributed by atoms with Crippen molar-refractivity contribution in [1.82, 2.24) is 4.98 Å². The second-order valence-electron chi connectivity index (χ2n) is 8.10. The van der Waals surface area contributed by atoms with Crippen molar-refractivity contribution in [2.24, 2.45) is 0 Å². The molecule has 0 radical (unpaired) electrons. The van der Waals surface area contributed by atoms with Crippen LogP contribution in [0.4, 0.5) is 4.39 Å². The predicted octanol–water partition coefficient (Wildman–Crippen LogP) is 6.48. The first kappa shape index (κ1) is 25.3. The molecule has 0 aliphatic rings. The highest BCUT2D eigenvalue weighted by molar-refractivity contribution is 7.18. The molecule has 2 heterocycles. The summed E-state index contributed by atoms with van der Waals surface area (Å²) in [5.41, 5.74) is 3.34. The van der Waals surface area contributed by atoms with E-state index in [0.29, 0.717) is 28.5 Å². The van der Waals surface area contributed by atoms with Crippen LogP contribution in [0.2, 0.25) is 0 Å². The van der Waals surface area contributed by atoms with Gasteiger partial charge in [-0.15, -0.1) is 11.3 Å². The van der Waals surface area contributed by atoms with Gasteiger partial charge in [-0.25, -0.2) is 9.37 Å². The number of Topliss-reactive ketones (excluding diaryl/α,β-unsaturated/α-hetero) is 2. The standard InChI is InChI=1S/C28H26FNO5S/c1-17-5-4-6-19-20(16-36-28(17)19)27-25(33-2)12-8-21(30-27)23(32)10-9-22(31)18-7-11-24(35-14-13-29)26(15-18)34-3/h4-8,11-12,15-16H,9-10,13-14H2,1-3H3. The van der Waals surface area contributed by atoms with Crippen LogP contribution in [0.25, 0.3) is 21.3 Å². The normalized spacial score (nSPS) is 10.9. The van der Waals surface area contributed by atoms with E-state index in [4.69, 9.17) is 14.2 Å². The van der Waals surface area contributed by atoms with Gasteiger partial charge in [0.25, 0.3) is 0 Å². The molecule has 0 fully saturated rings. The average Bonchev–Trinajstić information content (AvgIpc) is 3.35. The average molecular weight is 508 g/mol. The molecule has 0 N–H and O–H groups in total. The Bertz CT molecular complexity index is 1410. The van der Waals surface area contributed by atoms with Crippen LogP contribution in [0.15, 0.2) is 53.9 Å². The summed E-state index contributed by atoms with van der Waals surface area (Å²) < 4.78 is 29.6. The molecule has 6 nitrogen and oxygen atoms in total. The summed E-state index contributed by atoms with van der Waals surface area (Å²) in [4.78, 5) is 30.4. The van der Waals surface area contributed by atoms with Gasteiger partial charge in [0.15, 0.2) is 23.1 Å². The molecule has 0 aliphatic carbocycles. The van der Waals surface area contributed by atoms with Crippen molar-refractivity contribution in [1.29, 1.82) is 0 Å². The van der Waals surface area contributed by atoms with Crippen molar-refractivity contribution in [3.05, 3.63) is 70.7 Å². The molecule has 0 bridgehead atoms. The highest BCUT2D eigenvalue weighted by Crippen LogP contribution is 2.39. The summed E-state index contributed by atoms with van der Waals surface area (Å²) >= 11 is 1.63. The van der Waals surface area contributed by atoms with Gasteiger partial charge < -0.3 is 14.2 Å². The number of hydrogen-bond donors (Lipinski definition) is 0. The molecule has 0 saturated carbocycles. The topological polar surface area (TPSA) is 74.7 Å². The van der Waals surface area contributed by atoms with Crippen LogP contribution in [0.3, 0.4) is 0 Å². The fourth-order valence-corrected chi connectivity index (χ4v) is 4.99. The number of carbonyl (C=O) groups excluding carboxylic acids is 2. The molecule has 0 spiro atoms. The summed E-state index contributed by atoms with van der Waals surface area (Å²) in [6.45, 7) is 1.33. The summed E-state index contributed by atoms with van der Waals surface area (Å²) in [6, 6.07) is 14.1. The Hall–Kier alpha value is -3.78. The lowest BCUT2D eigenvalue weighted by Gasteiger charge is -2.11. The minimum absolute atomic E-state index is 0.00349. The lowest BCUT2D eigenvalue weighted by molar-refractivity contribution is 0.0915. The van der Waals surface area contributed by atoms with Gasteiger partial charge in [0.2, 0.25) is 0 Å². The number of aromatic nitrogens is 1. The van der Waals surface area contributed by atoms with E-state index in [1.807, 2.05) is 17.5 Å². The van der Waals surface area contributed by atoms with E-state index in [1.165, 1.54) is 18.7 Å². The number of methoxy groups -OCH3 is 2. The first-order valence-electron chi connectivity index (χ1n) is 11.4. The summed E-state index contributed by atoms with van der Waals surface area (Å²) in [6.07, 6.45) is 0.0137. The summed E-state index contributed by atoms with van der Waals surface area (Å²) in [5.74, 6) is 0.810. The molecule has 0 aliphatic heterocycles. The first-order chi connectivity index (χ1) is 17.5. The number of ether oxygens (including phenoxy) is 3. The second kappa shape index (κ2) is 11.3. The van der Waals surface area contributed by atoms with E-state index >= 15 is 0 Å². The number of pyridine rings is 1. The molecule has 2 aromatic heterocycles. The Morgan fingerprint density at radius 2 is 1.69 bits per heavy atom. The lowest BCUT2D eigenvalue weighted by atomic mass is 10.0. The number of ketones is 2. The zero-order valence-corrected chi connectivity index (χ0v) is 21.1. The van der Waals surface area contributed by atoms with E-state index < -0.39 is 6.67 Å². The van der Waals surface area contributed by atoms with Gasteiger partial charge in [-0.2, -0.15) is 0 Å². The van der Waals surface area contributed by atoms with Crippen LogP contribution in [-0.4, -0.2) is 44.1 Å². The van der Waals surface area contributed by atoms with Crippen molar-refractivity contribution in [3.63, 3.8) is 0 Å². The number of rotatable bonds is 11. The maximum absolute atomic E-state index is 13.0. The number of aryl methyl sites for hydroxylation is 1. The third kappa shape index (κ3) is 5.23. The summed E-state index contributed by atoms with van der Waals surface area (Å²) in [7, 11) is 3.02. The number of halogens is 1. The number of thiophene rings is 1. The van der Waals surface area contributed by atoms with E-state index in [-0.39, 0.29) is 36.7 Å². The maximum Gasteiger partial charge on any atom is 0.181 e. The van der Waals surface area contributed by atoms with Crippen LogP contribution in [-0.2, 0) is 0 Å². The van der Waals surface area contributed by atoms with Gasteiger partial charge in [-0.05, 0) is 42.8 Å². The number of fused-ring (bicyclic) bond motifs is 1. The highest BCUT2D eigenvalue weighted by atomic mass is 32.1. The SMILES string of the molecule is COc1cc(C(=O)CCC(=O)c2ccc(OC)c(-c3csc4c(C)cccc34)n2)ccc1OCCF. The molecule has 0 atom stereocenters. The Morgan fingerprint density at radius 3 is 2.44 bits per heavy atom. The van der Waals surface area contributed by atoms with Gasteiger partial charge in [-0.1, -0.05) is 18.2 Å². The minimum Gasteiger partial charge on any atom is -0.494 e. The fraction of sp³-hybridized carbons (Fsp3) is 0.250. The number of alkyl halides is 1. The van der Waals surface area contributed by atoms with Crippen molar-refractivity contribution < 1.29 is 28.2 Å². The number of carbonyl (C=O) groups is 2. The largest absolute Gasteiger partial charge is 0.494 e.